The zero-order chi connectivity index (χ0) is 16.8. The van der Waals surface area contributed by atoms with Crippen molar-refractivity contribution in [2.45, 2.75) is 13.3 Å². The Balaban J connectivity index is 0.00000225. The van der Waals surface area contributed by atoms with Gasteiger partial charge in [-0.15, -0.1) is 12.4 Å². The van der Waals surface area contributed by atoms with Crippen molar-refractivity contribution in [1.29, 1.82) is 0 Å². The highest BCUT2D eigenvalue weighted by molar-refractivity contribution is 5.89. The van der Waals surface area contributed by atoms with Crippen LogP contribution >= 0.6 is 12.4 Å². The maximum Gasteiger partial charge on any atom is 0.226 e. The second-order valence-corrected chi connectivity index (χ2v) is 5.37. The maximum absolute atomic E-state index is 5.34. The van der Waals surface area contributed by atoms with Crippen LogP contribution in [0.1, 0.15) is 13.3 Å². The molecular formula is C17H23ClN6O. The Morgan fingerprint density at radius 2 is 1.96 bits per heavy atom. The Bertz CT molecular complexity index is 792. The molecule has 134 valence electrons. The predicted octanol–water partition coefficient (Wildman–Crippen LogP) is 3.37. The van der Waals surface area contributed by atoms with Gasteiger partial charge in [-0.2, -0.15) is 15.1 Å². The Morgan fingerprint density at radius 3 is 2.72 bits per heavy atom. The molecule has 0 saturated carbocycles. The summed E-state index contributed by atoms with van der Waals surface area (Å²) in [6.45, 7) is 4.22. The first kappa shape index (κ1) is 19.0. The molecule has 0 atom stereocenters. The fourth-order valence-corrected chi connectivity index (χ4v) is 2.37. The molecule has 3 rings (SSSR count). The Morgan fingerprint density at radius 1 is 1.16 bits per heavy atom. The summed E-state index contributed by atoms with van der Waals surface area (Å²) in [7, 11) is 1.88. The summed E-state index contributed by atoms with van der Waals surface area (Å²) >= 11 is 0. The van der Waals surface area contributed by atoms with E-state index in [9.17, 15) is 0 Å². The number of hydrogen-bond donors (Lipinski definition) is 2. The minimum Gasteiger partial charge on any atom is -0.382 e. The summed E-state index contributed by atoms with van der Waals surface area (Å²) in [5.41, 5.74) is 1.76. The lowest BCUT2D eigenvalue weighted by Crippen LogP contribution is -2.10. The average Bonchev–Trinajstić information content (AvgIpc) is 2.97. The molecule has 0 aliphatic heterocycles. The number of para-hydroxylation sites is 1. The highest BCUT2D eigenvalue weighted by Gasteiger charge is 2.11. The van der Waals surface area contributed by atoms with Gasteiger partial charge in [-0.1, -0.05) is 18.2 Å². The minimum atomic E-state index is 0. The van der Waals surface area contributed by atoms with E-state index in [2.05, 4.69) is 25.7 Å². The number of anilines is 3. The highest BCUT2D eigenvalue weighted by atomic mass is 35.5. The summed E-state index contributed by atoms with van der Waals surface area (Å²) in [6.07, 6.45) is 2.68. The van der Waals surface area contributed by atoms with Gasteiger partial charge in [0, 0.05) is 32.5 Å². The van der Waals surface area contributed by atoms with Crippen molar-refractivity contribution in [2.24, 2.45) is 7.05 Å². The van der Waals surface area contributed by atoms with Crippen molar-refractivity contribution in [1.82, 2.24) is 19.7 Å². The van der Waals surface area contributed by atoms with Crippen LogP contribution < -0.4 is 10.6 Å². The van der Waals surface area contributed by atoms with E-state index >= 15 is 0 Å². The molecule has 1 aromatic carbocycles. The van der Waals surface area contributed by atoms with Gasteiger partial charge in [-0.05, 0) is 25.5 Å². The molecular weight excluding hydrogens is 340 g/mol. The number of halogens is 1. The smallest absolute Gasteiger partial charge is 0.226 e. The molecule has 0 aliphatic rings. The normalized spacial score (nSPS) is 10.5. The lowest BCUT2D eigenvalue weighted by molar-refractivity contribution is 0.147. The van der Waals surface area contributed by atoms with Crippen LogP contribution in [0.2, 0.25) is 0 Å². The molecule has 0 unspecified atom stereocenters. The van der Waals surface area contributed by atoms with Crippen molar-refractivity contribution < 1.29 is 4.74 Å². The quantitative estimate of drug-likeness (QED) is 0.598. The zero-order valence-corrected chi connectivity index (χ0v) is 15.2. The highest BCUT2D eigenvalue weighted by Crippen LogP contribution is 2.24. The van der Waals surface area contributed by atoms with Gasteiger partial charge < -0.3 is 15.4 Å². The molecule has 2 aromatic heterocycles. The summed E-state index contributed by atoms with van der Waals surface area (Å²) in [5, 5.41) is 11.8. The van der Waals surface area contributed by atoms with E-state index < -0.39 is 0 Å². The topological polar surface area (TPSA) is 76.9 Å². The second-order valence-electron chi connectivity index (χ2n) is 5.37. The van der Waals surface area contributed by atoms with Gasteiger partial charge in [0.05, 0.1) is 11.6 Å². The summed E-state index contributed by atoms with van der Waals surface area (Å²) in [4.78, 5) is 9.15. The third-order valence-electron chi connectivity index (χ3n) is 3.58. The van der Waals surface area contributed by atoms with Gasteiger partial charge in [-0.3, -0.25) is 4.68 Å². The Labute approximate surface area is 153 Å². The third-order valence-corrected chi connectivity index (χ3v) is 3.58. The van der Waals surface area contributed by atoms with Crippen LogP contribution in [-0.2, 0) is 11.8 Å². The third kappa shape index (κ3) is 4.80. The largest absolute Gasteiger partial charge is 0.382 e. The molecule has 0 spiro atoms. The molecule has 0 fully saturated rings. The first-order valence-electron chi connectivity index (χ1n) is 8.11. The summed E-state index contributed by atoms with van der Waals surface area (Å²) < 4.78 is 7.09. The second kappa shape index (κ2) is 9.19. The number of ether oxygens (including phenoxy) is 1. The summed E-state index contributed by atoms with van der Waals surface area (Å²) in [6, 6.07) is 9.95. The minimum absolute atomic E-state index is 0. The van der Waals surface area contributed by atoms with Gasteiger partial charge >= 0.3 is 0 Å². The van der Waals surface area contributed by atoms with Crippen LogP contribution in [0, 0.1) is 0 Å². The van der Waals surface area contributed by atoms with E-state index in [1.807, 2.05) is 44.3 Å². The van der Waals surface area contributed by atoms with Crippen molar-refractivity contribution in [2.75, 3.05) is 30.4 Å². The molecule has 8 heteroatoms. The summed E-state index contributed by atoms with van der Waals surface area (Å²) in [5.74, 6) is 1.33. The molecule has 2 heterocycles. The molecule has 0 saturated heterocycles. The standard InChI is InChI=1S/C17H22N6O.ClH/c1-3-24-11-7-10-18-17-21-15(20-13-8-5-4-6-9-13)14-12-19-23(2)16(14)22-17;/h4-6,8-9,12H,3,7,10-11H2,1-2H3,(H2,18,20,21,22);1H. The van der Waals surface area contributed by atoms with Crippen molar-refractivity contribution >= 4 is 40.9 Å². The number of benzene rings is 1. The molecule has 0 radical (unpaired) electrons. The number of rotatable bonds is 8. The first-order chi connectivity index (χ1) is 11.8. The van der Waals surface area contributed by atoms with E-state index in [0.717, 1.165) is 48.7 Å². The lowest BCUT2D eigenvalue weighted by atomic mass is 10.3. The van der Waals surface area contributed by atoms with Gasteiger partial charge in [0.15, 0.2) is 5.65 Å². The van der Waals surface area contributed by atoms with E-state index in [4.69, 9.17) is 4.74 Å². The molecule has 0 bridgehead atoms. The molecule has 0 amide bonds. The lowest BCUT2D eigenvalue weighted by Gasteiger charge is -2.10. The number of aryl methyl sites for hydroxylation is 1. The Kier molecular flexibility index (Phi) is 6.97. The SMILES string of the molecule is CCOCCCNc1nc(Nc2ccccc2)c2cnn(C)c2n1.Cl. The van der Waals surface area contributed by atoms with Crippen molar-refractivity contribution in [3.8, 4) is 0 Å². The molecule has 25 heavy (non-hydrogen) atoms. The zero-order valence-electron chi connectivity index (χ0n) is 14.4. The van der Waals surface area contributed by atoms with Crippen LogP contribution in [0.3, 0.4) is 0 Å². The molecule has 0 aliphatic carbocycles. The van der Waals surface area contributed by atoms with E-state index in [-0.39, 0.29) is 12.4 Å². The Hall–Kier alpha value is -2.38. The van der Waals surface area contributed by atoms with Crippen LogP contribution in [0.15, 0.2) is 36.5 Å². The fourth-order valence-electron chi connectivity index (χ4n) is 2.37. The van der Waals surface area contributed by atoms with E-state index in [1.54, 1.807) is 10.9 Å². The van der Waals surface area contributed by atoms with Crippen LogP contribution in [0.4, 0.5) is 17.5 Å². The van der Waals surface area contributed by atoms with Crippen LogP contribution in [0.25, 0.3) is 11.0 Å². The van der Waals surface area contributed by atoms with Crippen LogP contribution in [0.5, 0.6) is 0 Å². The maximum atomic E-state index is 5.34. The number of nitrogens with zero attached hydrogens (tertiary/aromatic N) is 4. The van der Waals surface area contributed by atoms with Gasteiger partial charge in [0.25, 0.3) is 0 Å². The van der Waals surface area contributed by atoms with Crippen LogP contribution in [-0.4, -0.2) is 39.5 Å². The van der Waals surface area contributed by atoms with Gasteiger partial charge in [-0.25, -0.2) is 0 Å². The average molecular weight is 363 g/mol. The molecule has 3 aromatic rings. The first-order valence-corrected chi connectivity index (χ1v) is 8.11. The number of hydrogen-bond acceptors (Lipinski definition) is 6. The number of nitrogens with one attached hydrogen (secondary N) is 2. The van der Waals surface area contributed by atoms with Gasteiger partial charge in [0.2, 0.25) is 5.95 Å². The van der Waals surface area contributed by atoms with Crippen molar-refractivity contribution in [3.05, 3.63) is 36.5 Å². The number of aromatic nitrogens is 4. The van der Waals surface area contributed by atoms with E-state index in [0.29, 0.717) is 5.95 Å². The molecule has 7 nitrogen and oxygen atoms in total. The van der Waals surface area contributed by atoms with E-state index in [1.165, 1.54) is 0 Å². The number of fused-ring (bicyclic) bond motifs is 1. The molecule has 2 N–H and O–H groups in total. The van der Waals surface area contributed by atoms with Gasteiger partial charge in [0.1, 0.15) is 5.82 Å². The van der Waals surface area contributed by atoms with Crippen molar-refractivity contribution in [3.63, 3.8) is 0 Å². The monoisotopic (exact) mass is 362 g/mol. The predicted molar refractivity (Wildman–Crippen MR) is 103 cm³/mol. The fraction of sp³-hybridized carbons (Fsp3) is 0.353.